The molecule has 0 saturated heterocycles. The zero-order valence-corrected chi connectivity index (χ0v) is 11.1. The van der Waals surface area contributed by atoms with Crippen molar-refractivity contribution in [3.63, 3.8) is 0 Å². The molecule has 5 heteroatoms. The summed E-state index contributed by atoms with van der Waals surface area (Å²) in [7, 11) is 0. The minimum absolute atomic E-state index is 0.0326. The van der Waals surface area contributed by atoms with Crippen LogP contribution in [-0.2, 0) is 11.2 Å². The van der Waals surface area contributed by atoms with Gasteiger partial charge in [-0.05, 0) is 35.9 Å². The van der Waals surface area contributed by atoms with Crippen molar-refractivity contribution in [3.8, 4) is 6.07 Å². The van der Waals surface area contributed by atoms with E-state index in [-0.39, 0.29) is 18.1 Å². The molecule has 2 aromatic carbocycles. The van der Waals surface area contributed by atoms with Gasteiger partial charge in [0.2, 0.25) is 5.91 Å². The third kappa shape index (κ3) is 3.56. The Balaban J connectivity index is 2.10. The molecule has 0 aliphatic rings. The minimum atomic E-state index is -0.389. The van der Waals surface area contributed by atoms with Crippen molar-refractivity contribution >= 4 is 23.2 Å². The van der Waals surface area contributed by atoms with Gasteiger partial charge in [-0.3, -0.25) is 4.79 Å². The van der Waals surface area contributed by atoms with Crippen LogP contribution in [0.15, 0.2) is 42.5 Å². The predicted octanol–water partition coefficient (Wildman–Crippen LogP) is 3.53. The molecule has 0 heterocycles. The molecule has 2 rings (SSSR count). The quantitative estimate of drug-likeness (QED) is 0.939. The summed E-state index contributed by atoms with van der Waals surface area (Å²) in [6.07, 6.45) is 0.0326. The van der Waals surface area contributed by atoms with E-state index in [2.05, 4.69) is 5.32 Å². The van der Waals surface area contributed by atoms with Gasteiger partial charge >= 0.3 is 0 Å². The summed E-state index contributed by atoms with van der Waals surface area (Å²) in [4.78, 5) is 11.9. The molecule has 0 radical (unpaired) electrons. The van der Waals surface area contributed by atoms with Gasteiger partial charge < -0.3 is 5.32 Å². The van der Waals surface area contributed by atoms with Crippen LogP contribution in [0.5, 0.6) is 0 Å². The molecule has 0 aliphatic carbocycles. The summed E-state index contributed by atoms with van der Waals surface area (Å²) >= 11 is 5.94. The maximum absolute atomic E-state index is 13.0. The lowest BCUT2D eigenvalue weighted by molar-refractivity contribution is -0.115. The van der Waals surface area contributed by atoms with E-state index in [0.29, 0.717) is 21.8 Å². The maximum atomic E-state index is 13.0. The first-order valence-corrected chi connectivity index (χ1v) is 6.20. The van der Waals surface area contributed by atoms with Gasteiger partial charge in [0.05, 0.1) is 28.8 Å². The van der Waals surface area contributed by atoms with Gasteiger partial charge in [0.15, 0.2) is 0 Å². The summed E-state index contributed by atoms with van der Waals surface area (Å²) in [6.45, 7) is 0. The van der Waals surface area contributed by atoms with Crippen LogP contribution in [0.25, 0.3) is 0 Å². The van der Waals surface area contributed by atoms with Crippen LogP contribution in [0, 0.1) is 17.1 Å². The molecule has 0 fully saturated rings. The Morgan fingerprint density at radius 2 is 2.10 bits per heavy atom. The Kier molecular flexibility index (Phi) is 4.34. The first-order valence-electron chi connectivity index (χ1n) is 5.82. The number of nitrogens with one attached hydrogen (secondary N) is 1. The highest BCUT2D eigenvalue weighted by atomic mass is 35.5. The number of hydrogen-bond donors (Lipinski definition) is 1. The maximum Gasteiger partial charge on any atom is 0.228 e. The SMILES string of the molecule is N#Cc1ccc(Cl)c(NC(=O)Cc2cccc(F)c2)c1. The third-order valence-electron chi connectivity index (χ3n) is 2.62. The van der Waals surface area contributed by atoms with Crippen molar-refractivity contribution in [1.29, 1.82) is 5.26 Å². The lowest BCUT2D eigenvalue weighted by Crippen LogP contribution is -2.14. The largest absolute Gasteiger partial charge is 0.324 e. The standard InChI is InChI=1S/C15H10ClFN2O/c16-13-5-4-11(9-18)7-14(13)19-15(20)8-10-2-1-3-12(17)6-10/h1-7H,8H2,(H,19,20). The highest BCUT2D eigenvalue weighted by molar-refractivity contribution is 6.33. The topological polar surface area (TPSA) is 52.9 Å². The van der Waals surface area contributed by atoms with E-state index < -0.39 is 0 Å². The zero-order valence-electron chi connectivity index (χ0n) is 10.4. The fourth-order valence-electron chi connectivity index (χ4n) is 1.72. The summed E-state index contributed by atoms with van der Waals surface area (Å²) in [6, 6.07) is 12.4. The molecule has 0 spiro atoms. The number of halogens is 2. The molecule has 0 atom stereocenters. The number of anilines is 1. The van der Waals surface area contributed by atoms with Gasteiger partial charge in [0, 0.05) is 0 Å². The first kappa shape index (κ1) is 14.0. The van der Waals surface area contributed by atoms with E-state index in [1.165, 1.54) is 24.3 Å². The number of carbonyl (C=O) groups is 1. The van der Waals surface area contributed by atoms with Gasteiger partial charge in [-0.25, -0.2) is 4.39 Å². The molecule has 100 valence electrons. The van der Waals surface area contributed by atoms with Gasteiger partial charge in [0.1, 0.15) is 5.82 Å². The molecule has 0 aromatic heterocycles. The van der Waals surface area contributed by atoms with Crippen LogP contribution in [0.2, 0.25) is 5.02 Å². The van der Waals surface area contributed by atoms with Crippen molar-refractivity contribution < 1.29 is 9.18 Å². The number of nitrogens with zero attached hydrogens (tertiary/aromatic N) is 1. The third-order valence-corrected chi connectivity index (χ3v) is 2.95. The van der Waals surface area contributed by atoms with Crippen molar-refractivity contribution in [3.05, 3.63) is 64.4 Å². The second-order valence-corrected chi connectivity index (χ2v) is 4.57. The van der Waals surface area contributed by atoms with Gasteiger partial charge in [-0.15, -0.1) is 0 Å². The van der Waals surface area contributed by atoms with Crippen molar-refractivity contribution in [2.45, 2.75) is 6.42 Å². The first-order chi connectivity index (χ1) is 9.58. The molecule has 1 amide bonds. The Hall–Kier alpha value is -2.38. The van der Waals surface area contributed by atoms with Crippen LogP contribution in [0.4, 0.5) is 10.1 Å². The Morgan fingerprint density at radius 3 is 2.80 bits per heavy atom. The van der Waals surface area contributed by atoms with E-state index in [1.807, 2.05) is 6.07 Å². The Morgan fingerprint density at radius 1 is 1.30 bits per heavy atom. The molecule has 20 heavy (non-hydrogen) atoms. The summed E-state index contributed by atoms with van der Waals surface area (Å²) in [5, 5.41) is 11.8. The molecule has 2 aromatic rings. The highest BCUT2D eigenvalue weighted by Gasteiger charge is 2.08. The summed E-state index contributed by atoms with van der Waals surface area (Å²) in [5.74, 6) is -0.715. The summed E-state index contributed by atoms with van der Waals surface area (Å²) < 4.78 is 13.0. The van der Waals surface area contributed by atoms with Crippen LogP contribution in [0.3, 0.4) is 0 Å². The van der Waals surface area contributed by atoms with E-state index in [9.17, 15) is 9.18 Å². The molecule has 0 unspecified atom stereocenters. The molecular weight excluding hydrogens is 279 g/mol. The fraction of sp³-hybridized carbons (Fsp3) is 0.0667. The van der Waals surface area contributed by atoms with E-state index in [1.54, 1.807) is 18.2 Å². The van der Waals surface area contributed by atoms with Crippen LogP contribution >= 0.6 is 11.6 Å². The number of hydrogen-bond acceptors (Lipinski definition) is 2. The summed E-state index contributed by atoms with van der Waals surface area (Å²) in [5.41, 5.74) is 1.33. The van der Waals surface area contributed by atoms with E-state index >= 15 is 0 Å². The fourth-order valence-corrected chi connectivity index (χ4v) is 1.88. The second kappa shape index (κ2) is 6.18. The smallest absolute Gasteiger partial charge is 0.228 e. The average Bonchev–Trinajstić information content (AvgIpc) is 2.41. The van der Waals surface area contributed by atoms with Gasteiger partial charge in [0.25, 0.3) is 0 Å². The Bertz CT molecular complexity index is 695. The van der Waals surface area contributed by atoms with E-state index in [0.717, 1.165) is 0 Å². The Labute approximate surface area is 120 Å². The molecule has 3 nitrogen and oxygen atoms in total. The van der Waals surface area contributed by atoms with Crippen LogP contribution in [-0.4, -0.2) is 5.91 Å². The molecule has 0 saturated carbocycles. The zero-order chi connectivity index (χ0) is 14.5. The molecule has 0 bridgehead atoms. The highest BCUT2D eigenvalue weighted by Crippen LogP contribution is 2.23. The normalized spacial score (nSPS) is 9.85. The lowest BCUT2D eigenvalue weighted by Gasteiger charge is -2.07. The van der Waals surface area contributed by atoms with Gasteiger partial charge in [-0.1, -0.05) is 23.7 Å². The van der Waals surface area contributed by atoms with Crippen molar-refractivity contribution in [2.75, 3.05) is 5.32 Å². The minimum Gasteiger partial charge on any atom is -0.324 e. The van der Waals surface area contributed by atoms with Crippen LogP contribution in [0.1, 0.15) is 11.1 Å². The number of amides is 1. The lowest BCUT2D eigenvalue weighted by atomic mass is 10.1. The predicted molar refractivity (Wildman–Crippen MR) is 74.9 cm³/mol. The van der Waals surface area contributed by atoms with Crippen LogP contribution < -0.4 is 5.32 Å². The number of nitriles is 1. The van der Waals surface area contributed by atoms with E-state index in [4.69, 9.17) is 16.9 Å². The molecule has 1 N–H and O–H groups in total. The number of carbonyl (C=O) groups excluding carboxylic acids is 1. The van der Waals surface area contributed by atoms with Crippen molar-refractivity contribution in [1.82, 2.24) is 0 Å². The van der Waals surface area contributed by atoms with Crippen molar-refractivity contribution in [2.24, 2.45) is 0 Å². The molecular formula is C15H10ClFN2O. The number of rotatable bonds is 3. The number of benzene rings is 2. The van der Waals surface area contributed by atoms with Gasteiger partial charge in [-0.2, -0.15) is 5.26 Å². The average molecular weight is 289 g/mol. The second-order valence-electron chi connectivity index (χ2n) is 4.16. The molecule has 0 aliphatic heterocycles. The monoisotopic (exact) mass is 288 g/mol.